The number of hydrogen-bond acceptors (Lipinski definition) is 7. The van der Waals surface area contributed by atoms with Crippen LogP contribution in [0.1, 0.15) is 31.7 Å². The summed E-state index contributed by atoms with van der Waals surface area (Å²) >= 11 is 0. The molecule has 1 saturated heterocycles. The quantitative estimate of drug-likeness (QED) is 0.438. The van der Waals surface area contributed by atoms with E-state index >= 15 is 0 Å². The topological polar surface area (TPSA) is 88.0 Å². The van der Waals surface area contributed by atoms with Gasteiger partial charge in [-0.1, -0.05) is 12.1 Å². The molecule has 2 aromatic heterocycles. The van der Waals surface area contributed by atoms with Crippen molar-refractivity contribution in [3.8, 4) is 34.1 Å². The highest BCUT2D eigenvalue weighted by Gasteiger charge is 2.28. The molecule has 6 rings (SSSR count). The van der Waals surface area contributed by atoms with Gasteiger partial charge in [-0.15, -0.1) is 10.2 Å². The maximum atomic E-state index is 6.14. The van der Waals surface area contributed by atoms with Crippen molar-refractivity contribution in [1.29, 1.82) is 0 Å². The average Bonchev–Trinajstić information content (AvgIpc) is 3.63. The molecule has 4 aromatic rings. The van der Waals surface area contributed by atoms with Crippen LogP contribution >= 0.6 is 0 Å². The number of benzene rings is 2. The third-order valence-electron chi connectivity index (χ3n) is 7.55. The van der Waals surface area contributed by atoms with E-state index in [1.165, 1.54) is 51.9 Å². The van der Waals surface area contributed by atoms with Crippen molar-refractivity contribution < 1.29 is 4.74 Å². The van der Waals surface area contributed by atoms with E-state index in [1.54, 1.807) is 0 Å². The molecule has 1 aliphatic carbocycles. The lowest BCUT2D eigenvalue weighted by atomic mass is 9.90. The van der Waals surface area contributed by atoms with Gasteiger partial charge in [-0.2, -0.15) is 10.3 Å². The normalized spacial score (nSPS) is 21.5. The molecule has 0 atom stereocenters. The zero-order valence-electron chi connectivity index (χ0n) is 20.6. The SMILES string of the molecule is CN1CCN([C@H]2CC[C@@H](n3ccc(-c4ccc(Oc5ccccc5-c5nn[nH]n5)cc4)n3)CC2)CC1. The molecule has 0 radical (unpaired) electrons. The van der Waals surface area contributed by atoms with Gasteiger partial charge in [-0.3, -0.25) is 9.58 Å². The van der Waals surface area contributed by atoms with E-state index in [2.05, 4.69) is 66.5 Å². The predicted octanol–water partition coefficient (Wildman–Crippen LogP) is 4.25. The Morgan fingerprint density at radius 2 is 1.61 bits per heavy atom. The number of rotatable bonds is 6. The summed E-state index contributed by atoms with van der Waals surface area (Å²) in [5.41, 5.74) is 2.87. The van der Waals surface area contributed by atoms with Gasteiger partial charge in [0, 0.05) is 44.0 Å². The van der Waals surface area contributed by atoms with Crippen LogP contribution < -0.4 is 4.74 Å². The molecule has 0 unspecified atom stereocenters. The molecule has 9 heteroatoms. The van der Waals surface area contributed by atoms with Crippen LogP contribution in [0.2, 0.25) is 0 Å². The van der Waals surface area contributed by atoms with Gasteiger partial charge in [0.25, 0.3) is 0 Å². The number of likely N-dealkylation sites (N-methyl/N-ethyl adjacent to an activating group) is 1. The molecular weight excluding hydrogens is 452 g/mol. The van der Waals surface area contributed by atoms with Gasteiger partial charge in [0.1, 0.15) is 11.5 Å². The molecule has 9 nitrogen and oxygen atoms in total. The van der Waals surface area contributed by atoms with E-state index in [1.807, 2.05) is 36.4 Å². The predicted molar refractivity (Wildman–Crippen MR) is 138 cm³/mol. The fraction of sp³-hybridized carbons (Fsp3) is 0.407. The van der Waals surface area contributed by atoms with Gasteiger partial charge in [-0.05, 0) is 80.4 Å². The molecule has 2 fully saturated rings. The number of nitrogens with one attached hydrogen (secondary N) is 1. The fourth-order valence-corrected chi connectivity index (χ4v) is 5.41. The summed E-state index contributed by atoms with van der Waals surface area (Å²) in [6, 6.07) is 19.1. The molecule has 1 saturated carbocycles. The highest BCUT2D eigenvalue weighted by molar-refractivity contribution is 5.64. The summed E-state index contributed by atoms with van der Waals surface area (Å²) in [6.45, 7) is 4.80. The molecule has 0 bridgehead atoms. The highest BCUT2D eigenvalue weighted by Crippen LogP contribution is 2.34. The second-order valence-electron chi connectivity index (χ2n) is 9.84. The lowest BCUT2D eigenvalue weighted by Gasteiger charge is -2.41. The Balaban J connectivity index is 1.08. The average molecular weight is 485 g/mol. The van der Waals surface area contributed by atoms with Gasteiger partial charge in [0.2, 0.25) is 5.82 Å². The van der Waals surface area contributed by atoms with Crippen molar-refractivity contribution in [2.45, 2.75) is 37.8 Å². The zero-order valence-corrected chi connectivity index (χ0v) is 20.6. The van der Waals surface area contributed by atoms with Crippen LogP contribution in [0.5, 0.6) is 11.5 Å². The summed E-state index contributed by atoms with van der Waals surface area (Å²) in [6.07, 6.45) is 7.07. The third kappa shape index (κ3) is 4.89. The first-order chi connectivity index (χ1) is 17.7. The molecule has 3 heterocycles. The Bertz CT molecular complexity index is 1250. The first-order valence-corrected chi connectivity index (χ1v) is 12.8. The van der Waals surface area contributed by atoms with E-state index in [9.17, 15) is 0 Å². The van der Waals surface area contributed by atoms with Gasteiger partial charge in [0.15, 0.2) is 0 Å². The lowest BCUT2D eigenvalue weighted by molar-refractivity contribution is 0.0811. The lowest BCUT2D eigenvalue weighted by Crippen LogP contribution is -2.49. The summed E-state index contributed by atoms with van der Waals surface area (Å²) in [5, 5.41) is 19.2. The van der Waals surface area contributed by atoms with Gasteiger partial charge in [-0.25, -0.2) is 0 Å². The molecular formula is C27H32N8O. The number of piperazine rings is 1. The molecule has 186 valence electrons. The highest BCUT2D eigenvalue weighted by atomic mass is 16.5. The minimum absolute atomic E-state index is 0.492. The van der Waals surface area contributed by atoms with Crippen molar-refractivity contribution in [3.63, 3.8) is 0 Å². The molecule has 2 aliphatic rings. The van der Waals surface area contributed by atoms with E-state index < -0.39 is 0 Å². The van der Waals surface area contributed by atoms with Crippen LogP contribution in [0.4, 0.5) is 0 Å². The zero-order chi connectivity index (χ0) is 24.3. The van der Waals surface area contributed by atoms with Crippen LogP contribution in [-0.4, -0.2) is 79.5 Å². The van der Waals surface area contributed by atoms with Crippen molar-refractivity contribution in [1.82, 2.24) is 40.2 Å². The third-order valence-corrected chi connectivity index (χ3v) is 7.55. The second kappa shape index (κ2) is 10.2. The van der Waals surface area contributed by atoms with Crippen LogP contribution in [0.3, 0.4) is 0 Å². The van der Waals surface area contributed by atoms with Crippen LogP contribution in [-0.2, 0) is 0 Å². The first-order valence-electron chi connectivity index (χ1n) is 12.8. The Morgan fingerprint density at radius 1 is 0.861 bits per heavy atom. The van der Waals surface area contributed by atoms with Crippen LogP contribution in [0.25, 0.3) is 22.6 Å². The van der Waals surface area contributed by atoms with Crippen molar-refractivity contribution >= 4 is 0 Å². The van der Waals surface area contributed by atoms with E-state index in [4.69, 9.17) is 9.84 Å². The monoisotopic (exact) mass is 484 g/mol. The molecule has 2 aromatic carbocycles. The molecule has 36 heavy (non-hydrogen) atoms. The van der Waals surface area contributed by atoms with Crippen molar-refractivity contribution in [3.05, 3.63) is 60.8 Å². The first kappa shape index (κ1) is 22.9. The Labute approximate surface area is 211 Å². The van der Waals surface area contributed by atoms with Gasteiger partial charge in [0.05, 0.1) is 17.3 Å². The summed E-state index contributed by atoms with van der Waals surface area (Å²) in [7, 11) is 2.22. The number of ether oxygens (including phenoxy) is 1. The molecule has 0 amide bonds. The Morgan fingerprint density at radius 3 is 2.36 bits per heavy atom. The van der Waals surface area contributed by atoms with Crippen LogP contribution in [0, 0.1) is 0 Å². The van der Waals surface area contributed by atoms with E-state index in [0.29, 0.717) is 17.6 Å². The number of aromatic nitrogens is 6. The second-order valence-corrected chi connectivity index (χ2v) is 9.84. The van der Waals surface area contributed by atoms with Gasteiger partial charge >= 0.3 is 0 Å². The molecule has 1 aliphatic heterocycles. The number of hydrogen-bond donors (Lipinski definition) is 1. The smallest absolute Gasteiger partial charge is 0.208 e. The number of aromatic amines is 1. The fourth-order valence-electron chi connectivity index (χ4n) is 5.41. The van der Waals surface area contributed by atoms with Crippen molar-refractivity contribution in [2.75, 3.05) is 33.2 Å². The minimum atomic E-state index is 0.492. The summed E-state index contributed by atoms with van der Waals surface area (Å²) in [4.78, 5) is 5.14. The number of tetrazole rings is 1. The van der Waals surface area contributed by atoms with E-state index in [0.717, 1.165) is 28.6 Å². The van der Waals surface area contributed by atoms with Gasteiger partial charge < -0.3 is 9.64 Å². The van der Waals surface area contributed by atoms with Crippen LogP contribution in [0.15, 0.2) is 60.8 Å². The molecule has 1 N–H and O–H groups in total. The van der Waals surface area contributed by atoms with E-state index in [-0.39, 0.29) is 0 Å². The largest absolute Gasteiger partial charge is 0.457 e. The summed E-state index contributed by atoms with van der Waals surface area (Å²) < 4.78 is 8.32. The minimum Gasteiger partial charge on any atom is -0.457 e. The maximum Gasteiger partial charge on any atom is 0.208 e. The van der Waals surface area contributed by atoms with Crippen molar-refractivity contribution in [2.24, 2.45) is 0 Å². The number of nitrogens with zero attached hydrogens (tertiary/aromatic N) is 7. The Hall–Kier alpha value is -3.56. The number of para-hydroxylation sites is 1. The standard InChI is InChI=1S/C27H32N8O/c1-33-16-18-34(19-17-33)21-8-10-22(11-9-21)35-15-14-25(30-35)20-6-12-23(13-7-20)36-26-5-3-2-4-24(26)27-28-31-32-29-27/h2-7,12-15,21-22H,8-11,16-19H2,1H3,(H,28,29,31,32)/t21-,22+. The Kier molecular flexibility index (Phi) is 6.48. The summed E-state index contributed by atoms with van der Waals surface area (Å²) in [5.74, 6) is 1.93. The maximum absolute atomic E-state index is 6.14. The number of H-pyrrole nitrogens is 1. The molecule has 0 spiro atoms.